The quantitative estimate of drug-likeness (QED) is 0.726. The normalized spacial score (nSPS) is 19.1. The number of aryl methyl sites for hydroxylation is 1. The maximum atomic E-state index is 4.49. The van der Waals surface area contributed by atoms with E-state index < -0.39 is 0 Å². The van der Waals surface area contributed by atoms with Gasteiger partial charge in [0, 0.05) is 19.3 Å². The predicted octanol–water partition coefficient (Wildman–Crippen LogP) is 2.65. The smallest absolute Gasteiger partial charge is 0.150 e. The first-order chi connectivity index (χ1) is 9.81. The highest BCUT2D eigenvalue weighted by atomic mass is 32.1. The van der Waals surface area contributed by atoms with Crippen molar-refractivity contribution in [1.82, 2.24) is 19.7 Å². The molecule has 0 bridgehead atoms. The molecule has 0 radical (unpaired) electrons. The van der Waals surface area contributed by atoms with E-state index in [-0.39, 0.29) is 0 Å². The van der Waals surface area contributed by atoms with E-state index >= 15 is 0 Å². The number of hydrogen-bond acceptors (Lipinski definition) is 5. The lowest BCUT2D eigenvalue weighted by Crippen LogP contribution is -2.22. The molecule has 0 aromatic carbocycles. The molecule has 1 atom stereocenters. The average Bonchev–Trinajstić information content (AvgIpc) is 3.17. The molecule has 0 spiro atoms. The van der Waals surface area contributed by atoms with Gasteiger partial charge in [-0.3, -0.25) is 4.68 Å². The van der Waals surface area contributed by atoms with E-state index in [1.54, 1.807) is 17.7 Å². The summed E-state index contributed by atoms with van der Waals surface area (Å²) in [5.41, 5.74) is 2.25. The minimum absolute atomic E-state index is 0.439. The SMILES string of the molecule is Cc1cnn(C2CCN(c3ncnc4ccsc34)C2)c1. The maximum absolute atomic E-state index is 4.49. The Balaban J connectivity index is 1.63. The fourth-order valence-electron chi connectivity index (χ4n) is 2.78. The molecule has 6 heteroatoms. The highest BCUT2D eigenvalue weighted by Gasteiger charge is 2.26. The summed E-state index contributed by atoms with van der Waals surface area (Å²) in [4.78, 5) is 11.1. The van der Waals surface area contributed by atoms with Crippen molar-refractivity contribution in [3.63, 3.8) is 0 Å². The number of nitrogens with zero attached hydrogens (tertiary/aromatic N) is 5. The van der Waals surface area contributed by atoms with Gasteiger partial charge in [0.2, 0.25) is 0 Å². The molecule has 0 saturated carbocycles. The number of fused-ring (bicyclic) bond motifs is 1. The Morgan fingerprint density at radius 2 is 2.30 bits per heavy atom. The maximum Gasteiger partial charge on any atom is 0.150 e. The third-order valence-electron chi connectivity index (χ3n) is 3.79. The highest BCUT2D eigenvalue weighted by molar-refractivity contribution is 7.17. The van der Waals surface area contributed by atoms with Crippen LogP contribution in [0, 0.1) is 6.92 Å². The minimum atomic E-state index is 0.439. The Labute approximate surface area is 120 Å². The van der Waals surface area contributed by atoms with Crippen molar-refractivity contribution in [3.05, 3.63) is 35.7 Å². The van der Waals surface area contributed by atoms with Crippen LogP contribution in [0.3, 0.4) is 0 Å². The van der Waals surface area contributed by atoms with Crippen LogP contribution in [0.2, 0.25) is 0 Å². The van der Waals surface area contributed by atoms with Crippen molar-refractivity contribution < 1.29 is 0 Å². The van der Waals surface area contributed by atoms with Gasteiger partial charge in [-0.25, -0.2) is 9.97 Å². The standard InChI is InChI=1S/C14H15N5S/c1-10-6-17-19(7-10)11-2-4-18(8-11)14-13-12(3-5-20-13)15-9-16-14/h3,5-7,9,11H,2,4,8H2,1H3. The van der Waals surface area contributed by atoms with E-state index in [1.165, 1.54) is 10.3 Å². The van der Waals surface area contributed by atoms with E-state index in [1.807, 2.05) is 6.20 Å². The Bertz CT molecular complexity index is 747. The van der Waals surface area contributed by atoms with Gasteiger partial charge in [0.25, 0.3) is 0 Å². The van der Waals surface area contributed by atoms with Crippen LogP contribution in [0.25, 0.3) is 10.2 Å². The first-order valence-electron chi connectivity index (χ1n) is 6.75. The number of thiophene rings is 1. The lowest BCUT2D eigenvalue weighted by Gasteiger charge is -2.17. The summed E-state index contributed by atoms with van der Waals surface area (Å²) in [6, 6.07) is 2.49. The second-order valence-corrected chi connectivity index (χ2v) is 6.13. The van der Waals surface area contributed by atoms with Crippen LogP contribution in [-0.2, 0) is 0 Å². The Kier molecular flexibility index (Phi) is 2.70. The number of anilines is 1. The number of rotatable bonds is 2. The van der Waals surface area contributed by atoms with Crippen LogP contribution in [-0.4, -0.2) is 32.8 Å². The van der Waals surface area contributed by atoms with Crippen molar-refractivity contribution in [2.45, 2.75) is 19.4 Å². The molecule has 1 saturated heterocycles. The Morgan fingerprint density at radius 1 is 1.35 bits per heavy atom. The third kappa shape index (κ3) is 1.87. The zero-order valence-electron chi connectivity index (χ0n) is 11.2. The molecule has 0 amide bonds. The van der Waals surface area contributed by atoms with Gasteiger partial charge in [-0.1, -0.05) is 0 Å². The zero-order chi connectivity index (χ0) is 13.5. The van der Waals surface area contributed by atoms with Crippen molar-refractivity contribution in [2.75, 3.05) is 18.0 Å². The molecule has 4 heterocycles. The summed E-state index contributed by atoms with van der Waals surface area (Å²) >= 11 is 1.71. The van der Waals surface area contributed by atoms with E-state index in [9.17, 15) is 0 Å². The van der Waals surface area contributed by atoms with Crippen molar-refractivity contribution >= 4 is 27.4 Å². The summed E-state index contributed by atoms with van der Waals surface area (Å²) in [5.74, 6) is 1.07. The fraction of sp³-hybridized carbons (Fsp3) is 0.357. The second kappa shape index (κ2) is 4.56. The van der Waals surface area contributed by atoms with E-state index in [4.69, 9.17) is 0 Å². The molecule has 20 heavy (non-hydrogen) atoms. The first kappa shape index (κ1) is 11.8. The molecule has 0 aliphatic carbocycles. The zero-order valence-corrected chi connectivity index (χ0v) is 12.0. The molecule has 1 aliphatic heterocycles. The van der Waals surface area contributed by atoms with Gasteiger partial charge in [-0.05, 0) is 30.4 Å². The Morgan fingerprint density at radius 3 is 3.15 bits per heavy atom. The van der Waals surface area contributed by atoms with Gasteiger partial charge in [0.1, 0.15) is 12.1 Å². The first-order valence-corrected chi connectivity index (χ1v) is 7.63. The van der Waals surface area contributed by atoms with Crippen LogP contribution < -0.4 is 4.90 Å². The number of aromatic nitrogens is 4. The molecule has 1 aliphatic rings. The van der Waals surface area contributed by atoms with Gasteiger partial charge >= 0.3 is 0 Å². The highest BCUT2D eigenvalue weighted by Crippen LogP contribution is 2.32. The molecule has 5 nitrogen and oxygen atoms in total. The molecule has 3 aromatic rings. The molecular formula is C14H15N5S. The largest absolute Gasteiger partial charge is 0.353 e. The topological polar surface area (TPSA) is 46.8 Å². The van der Waals surface area contributed by atoms with E-state index in [2.05, 4.69) is 49.2 Å². The van der Waals surface area contributed by atoms with Crippen LogP contribution in [0.5, 0.6) is 0 Å². The van der Waals surface area contributed by atoms with Crippen molar-refractivity contribution in [1.29, 1.82) is 0 Å². The molecule has 1 unspecified atom stereocenters. The molecule has 102 valence electrons. The van der Waals surface area contributed by atoms with Gasteiger partial charge in [0.15, 0.2) is 0 Å². The van der Waals surface area contributed by atoms with Crippen LogP contribution >= 0.6 is 11.3 Å². The fourth-order valence-corrected chi connectivity index (χ4v) is 3.65. The molecule has 1 fully saturated rings. The summed E-state index contributed by atoms with van der Waals surface area (Å²) in [6.45, 7) is 4.06. The monoisotopic (exact) mass is 285 g/mol. The summed E-state index contributed by atoms with van der Waals surface area (Å²) in [7, 11) is 0. The minimum Gasteiger partial charge on any atom is -0.353 e. The lowest BCUT2D eigenvalue weighted by molar-refractivity contribution is 0.494. The van der Waals surface area contributed by atoms with Gasteiger partial charge < -0.3 is 4.90 Å². The third-order valence-corrected chi connectivity index (χ3v) is 4.69. The van der Waals surface area contributed by atoms with Crippen molar-refractivity contribution in [2.24, 2.45) is 0 Å². The van der Waals surface area contributed by atoms with E-state index in [0.717, 1.165) is 30.8 Å². The van der Waals surface area contributed by atoms with Gasteiger partial charge in [-0.15, -0.1) is 11.3 Å². The average molecular weight is 285 g/mol. The summed E-state index contributed by atoms with van der Waals surface area (Å²) in [5, 5.41) is 6.51. The molecular weight excluding hydrogens is 270 g/mol. The lowest BCUT2D eigenvalue weighted by atomic mass is 10.3. The number of hydrogen-bond donors (Lipinski definition) is 0. The summed E-state index contributed by atoms with van der Waals surface area (Å²) < 4.78 is 3.27. The second-order valence-electron chi connectivity index (χ2n) is 5.22. The Hall–Kier alpha value is -1.95. The van der Waals surface area contributed by atoms with E-state index in [0.29, 0.717) is 6.04 Å². The molecule has 4 rings (SSSR count). The summed E-state index contributed by atoms with van der Waals surface area (Å²) in [6.07, 6.45) is 6.81. The van der Waals surface area contributed by atoms with Crippen LogP contribution in [0.4, 0.5) is 5.82 Å². The predicted molar refractivity (Wildman–Crippen MR) is 80.2 cm³/mol. The van der Waals surface area contributed by atoms with Crippen LogP contribution in [0.15, 0.2) is 30.2 Å². The molecule has 3 aromatic heterocycles. The van der Waals surface area contributed by atoms with Gasteiger partial charge in [0.05, 0.1) is 22.5 Å². The molecule has 0 N–H and O–H groups in total. The van der Waals surface area contributed by atoms with Crippen molar-refractivity contribution in [3.8, 4) is 0 Å². The van der Waals surface area contributed by atoms with Crippen LogP contribution in [0.1, 0.15) is 18.0 Å². The van der Waals surface area contributed by atoms with Gasteiger partial charge in [-0.2, -0.15) is 5.10 Å².